The lowest BCUT2D eigenvalue weighted by Gasteiger charge is -2.22. The second-order valence-corrected chi connectivity index (χ2v) is 4.50. The van der Waals surface area contributed by atoms with E-state index in [-0.39, 0.29) is 0 Å². The van der Waals surface area contributed by atoms with Crippen molar-refractivity contribution >= 4 is 5.82 Å². The van der Waals surface area contributed by atoms with Crippen molar-refractivity contribution in [2.24, 2.45) is 11.7 Å². The molecule has 3 N–H and O–H groups in total. The number of nitrogens with one attached hydrogen (secondary N) is 1. The molecule has 1 rings (SSSR count). The van der Waals surface area contributed by atoms with Gasteiger partial charge in [-0.2, -0.15) is 0 Å². The zero-order valence-corrected chi connectivity index (χ0v) is 10.6. The zero-order valence-electron chi connectivity index (χ0n) is 10.6. The van der Waals surface area contributed by atoms with E-state index in [0.29, 0.717) is 18.5 Å². The fourth-order valence-electron chi connectivity index (χ4n) is 1.55. The Labute approximate surface area is 97.7 Å². The first-order valence-electron chi connectivity index (χ1n) is 5.81. The van der Waals surface area contributed by atoms with E-state index in [9.17, 15) is 0 Å². The Morgan fingerprint density at radius 3 is 2.50 bits per heavy atom. The molecule has 0 saturated carbocycles. The number of aromatic nitrogens is 2. The number of hydrogen-bond donors (Lipinski definition) is 2. The van der Waals surface area contributed by atoms with Gasteiger partial charge in [-0.25, -0.2) is 4.98 Å². The number of anilines is 1. The van der Waals surface area contributed by atoms with Crippen LogP contribution in [0.2, 0.25) is 0 Å². The Morgan fingerprint density at radius 1 is 1.31 bits per heavy atom. The molecule has 0 aliphatic carbocycles. The Morgan fingerprint density at radius 2 is 2.00 bits per heavy atom. The Hall–Kier alpha value is -1.16. The summed E-state index contributed by atoms with van der Waals surface area (Å²) in [5, 5.41) is 3.39. The van der Waals surface area contributed by atoms with Gasteiger partial charge in [0.15, 0.2) is 0 Å². The van der Waals surface area contributed by atoms with Crippen LogP contribution in [-0.2, 0) is 0 Å². The summed E-state index contributed by atoms with van der Waals surface area (Å²) in [4.78, 5) is 8.76. The summed E-state index contributed by atoms with van der Waals surface area (Å²) in [6, 6.07) is 0.362. The molecule has 0 aliphatic rings. The minimum atomic E-state index is 0.362. The Balaban J connectivity index is 2.73. The third-order valence-electron chi connectivity index (χ3n) is 2.81. The lowest BCUT2D eigenvalue weighted by Crippen LogP contribution is -2.29. The molecule has 16 heavy (non-hydrogen) atoms. The van der Waals surface area contributed by atoms with Gasteiger partial charge in [-0.3, -0.25) is 4.98 Å². The van der Waals surface area contributed by atoms with E-state index in [4.69, 9.17) is 5.73 Å². The van der Waals surface area contributed by atoms with E-state index in [0.717, 1.165) is 23.6 Å². The monoisotopic (exact) mass is 222 g/mol. The summed E-state index contributed by atoms with van der Waals surface area (Å²) in [5.41, 5.74) is 7.55. The first-order chi connectivity index (χ1) is 7.54. The first kappa shape index (κ1) is 12.9. The minimum Gasteiger partial charge on any atom is -0.366 e. The van der Waals surface area contributed by atoms with Crippen LogP contribution in [0.4, 0.5) is 5.82 Å². The van der Waals surface area contributed by atoms with Gasteiger partial charge in [-0.15, -0.1) is 0 Å². The second kappa shape index (κ2) is 5.80. The predicted octanol–water partition coefficient (Wildman–Crippen LogP) is 1.88. The Bertz CT molecular complexity index is 336. The van der Waals surface area contributed by atoms with E-state index in [1.165, 1.54) is 0 Å². The standard InChI is InChI=1S/C12H22N4/c1-8(2)11(5-6-13)16-12-7-14-9(3)10(4)15-12/h7-8,11H,5-6,13H2,1-4H3,(H,15,16). The van der Waals surface area contributed by atoms with Crippen LogP contribution in [-0.4, -0.2) is 22.6 Å². The highest BCUT2D eigenvalue weighted by Crippen LogP contribution is 2.13. The largest absolute Gasteiger partial charge is 0.366 e. The van der Waals surface area contributed by atoms with Gasteiger partial charge < -0.3 is 11.1 Å². The van der Waals surface area contributed by atoms with Crippen molar-refractivity contribution in [2.75, 3.05) is 11.9 Å². The van der Waals surface area contributed by atoms with E-state index in [1.807, 2.05) is 13.8 Å². The average molecular weight is 222 g/mol. The molecule has 90 valence electrons. The van der Waals surface area contributed by atoms with Crippen molar-refractivity contribution in [1.29, 1.82) is 0 Å². The van der Waals surface area contributed by atoms with Gasteiger partial charge in [0.2, 0.25) is 0 Å². The molecular formula is C12H22N4. The lowest BCUT2D eigenvalue weighted by molar-refractivity contribution is 0.497. The normalized spacial score (nSPS) is 12.9. The molecule has 1 atom stereocenters. The molecule has 0 radical (unpaired) electrons. The van der Waals surface area contributed by atoms with Gasteiger partial charge >= 0.3 is 0 Å². The number of nitrogens with two attached hydrogens (primary N) is 1. The van der Waals surface area contributed by atoms with Crippen LogP contribution in [0.5, 0.6) is 0 Å². The van der Waals surface area contributed by atoms with Crippen LogP contribution in [0.3, 0.4) is 0 Å². The molecule has 0 aliphatic heterocycles. The Kier molecular flexibility index (Phi) is 4.68. The van der Waals surface area contributed by atoms with Crippen molar-refractivity contribution in [1.82, 2.24) is 9.97 Å². The highest BCUT2D eigenvalue weighted by atomic mass is 15.0. The summed E-state index contributed by atoms with van der Waals surface area (Å²) in [7, 11) is 0. The van der Waals surface area contributed by atoms with E-state index in [1.54, 1.807) is 6.20 Å². The van der Waals surface area contributed by atoms with Crippen LogP contribution in [0.15, 0.2) is 6.20 Å². The molecule has 0 spiro atoms. The van der Waals surface area contributed by atoms with Crippen LogP contribution in [0, 0.1) is 19.8 Å². The van der Waals surface area contributed by atoms with E-state index < -0.39 is 0 Å². The molecule has 4 heteroatoms. The molecule has 1 unspecified atom stereocenters. The predicted molar refractivity (Wildman–Crippen MR) is 67.4 cm³/mol. The minimum absolute atomic E-state index is 0.362. The zero-order chi connectivity index (χ0) is 12.1. The molecule has 0 amide bonds. The molecular weight excluding hydrogens is 200 g/mol. The van der Waals surface area contributed by atoms with Gasteiger partial charge in [0.25, 0.3) is 0 Å². The maximum absolute atomic E-state index is 5.60. The van der Waals surface area contributed by atoms with Crippen molar-refractivity contribution in [3.05, 3.63) is 17.6 Å². The van der Waals surface area contributed by atoms with E-state index in [2.05, 4.69) is 29.1 Å². The van der Waals surface area contributed by atoms with Crippen molar-refractivity contribution in [3.63, 3.8) is 0 Å². The summed E-state index contributed by atoms with van der Waals surface area (Å²) in [6.07, 6.45) is 2.74. The summed E-state index contributed by atoms with van der Waals surface area (Å²) >= 11 is 0. The number of hydrogen-bond acceptors (Lipinski definition) is 4. The number of aryl methyl sites for hydroxylation is 2. The van der Waals surface area contributed by atoms with Crippen LogP contribution < -0.4 is 11.1 Å². The quantitative estimate of drug-likeness (QED) is 0.798. The third-order valence-corrected chi connectivity index (χ3v) is 2.81. The van der Waals surface area contributed by atoms with Crippen LogP contribution in [0.25, 0.3) is 0 Å². The first-order valence-corrected chi connectivity index (χ1v) is 5.81. The smallest absolute Gasteiger partial charge is 0.145 e. The van der Waals surface area contributed by atoms with Crippen molar-refractivity contribution < 1.29 is 0 Å². The number of nitrogens with zero attached hydrogens (tertiary/aromatic N) is 2. The molecule has 1 aromatic rings. The van der Waals surface area contributed by atoms with Gasteiger partial charge in [-0.1, -0.05) is 13.8 Å². The molecule has 4 nitrogen and oxygen atoms in total. The van der Waals surface area contributed by atoms with Gasteiger partial charge in [0.05, 0.1) is 17.6 Å². The van der Waals surface area contributed by atoms with Crippen LogP contribution >= 0.6 is 0 Å². The SMILES string of the molecule is Cc1ncc(NC(CCN)C(C)C)nc1C. The van der Waals surface area contributed by atoms with Crippen molar-refractivity contribution in [2.45, 2.75) is 40.2 Å². The number of rotatable bonds is 5. The van der Waals surface area contributed by atoms with Gasteiger partial charge in [0, 0.05) is 6.04 Å². The third kappa shape index (κ3) is 3.45. The van der Waals surface area contributed by atoms with E-state index >= 15 is 0 Å². The molecule has 0 bridgehead atoms. The molecule has 1 heterocycles. The van der Waals surface area contributed by atoms with Crippen LogP contribution in [0.1, 0.15) is 31.7 Å². The topological polar surface area (TPSA) is 63.8 Å². The fraction of sp³-hybridized carbons (Fsp3) is 0.667. The fourth-order valence-corrected chi connectivity index (χ4v) is 1.55. The van der Waals surface area contributed by atoms with Gasteiger partial charge in [0.1, 0.15) is 5.82 Å². The highest BCUT2D eigenvalue weighted by Gasteiger charge is 2.13. The maximum Gasteiger partial charge on any atom is 0.145 e. The molecule has 0 fully saturated rings. The average Bonchev–Trinajstić information content (AvgIpc) is 2.22. The second-order valence-electron chi connectivity index (χ2n) is 4.50. The maximum atomic E-state index is 5.60. The summed E-state index contributed by atoms with van der Waals surface area (Å²) in [6.45, 7) is 8.99. The van der Waals surface area contributed by atoms with Crippen molar-refractivity contribution in [3.8, 4) is 0 Å². The summed E-state index contributed by atoms with van der Waals surface area (Å²) in [5.74, 6) is 1.38. The highest BCUT2D eigenvalue weighted by molar-refractivity contribution is 5.34. The molecule has 0 aromatic carbocycles. The molecule has 0 saturated heterocycles. The van der Waals surface area contributed by atoms with Gasteiger partial charge in [-0.05, 0) is 32.7 Å². The lowest BCUT2D eigenvalue weighted by atomic mass is 10.0. The summed E-state index contributed by atoms with van der Waals surface area (Å²) < 4.78 is 0. The molecule has 1 aromatic heterocycles.